The minimum atomic E-state index is -4.78. The van der Waals surface area contributed by atoms with E-state index in [9.17, 15) is 28.9 Å². The van der Waals surface area contributed by atoms with Crippen LogP contribution >= 0.6 is 7.82 Å². The molecule has 0 aliphatic rings. The van der Waals surface area contributed by atoms with Crippen molar-refractivity contribution in [3.05, 3.63) is 122 Å². The van der Waals surface area contributed by atoms with Crippen LogP contribution in [0.4, 0.5) is 0 Å². The van der Waals surface area contributed by atoms with Gasteiger partial charge in [-0.1, -0.05) is 258 Å². The predicted octanol–water partition coefficient (Wildman–Crippen LogP) is 19.9. The first-order valence-electron chi connectivity index (χ1n) is 32.4. The molecule has 468 valence electrons. The molecular formula is C70H117O11P. The van der Waals surface area contributed by atoms with E-state index in [1.165, 1.54) is 83.5 Å². The molecule has 0 amide bonds. The first-order valence-corrected chi connectivity index (χ1v) is 33.9. The first-order chi connectivity index (χ1) is 40.2. The first kappa shape index (κ1) is 77.9. The van der Waals surface area contributed by atoms with E-state index in [-0.39, 0.29) is 25.9 Å². The summed E-state index contributed by atoms with van der Waals surface area (Å²) in [5, 5.41) is 9.86. The zero-order valence-electron chi connectivity index (χ0n) is 51.9. The summed E-state index contributed by atoms with van der Waals surface area (Å²) >= 11 is 0. The monoisotopic (exact) mass is 1160 g/mol. The van der Waals surface area contributed by atoms with Gasteiger partial charge in [0.25, 0.3) is 0 Å². The second kappa shape index (κ2) is 62.9. The molecule has 0 aromatic carbocycles. The number of rotatable bonds is 59. The average Bonchev–Trinajstić information content (AvgIpc) is 3.47. The third kappa shape index (κ3) is 60.5. The van der Waals surface area contributed by atoms with Gasteiger partial charge in [0, 0.05) is 19.3 Å². The summed E-state index contributed by atoms with van der Waals surface area (Å²) in [6, 6.07) is 0. The maximum Gasteiger partial charge on any atom is 0.472 e. The van der Waals surface area contributed by atoms with Gasteiger partial charge in [-0.15, -0.1) is 0 Å². The molecular weight excluding hydrogens is 1050 g/mol. The van der Waals surface area contributed by atoms with Crippen molar-refractivity contribution in [2.24, 2.45) is 0 Å². The molecule has 12 heteroatoms. The van der Waals surface area contributed by atoms with Crippen LogP contribution in [0.2, 0.25) is 0 Å². The van der Waals surface area contributed by atoms with Gasteiger partial charge in [0.1, 0.15) is 12.7 Å². The Balaban J connectivity index is 4.81. The average molecular weight is 1170 g/mol. The third-order valence-corrected chi connectivity index (χ3v) is 14.3. The number of allylic oxidation sites excluding steroid dienone is 20. The van der Waals surface area contributed by atoms with Crippen LogP contribution in [-0.2, 0) is 42.2 Å². The van der Waals surface area contributed by atoms with Crippen LogP contribution in [0.5, 0.6) is 0 Å². The standard InChI is InChI=1S/C70H117O11P/c1-4-7-10-13-16-19-22-25-28-31-33-36-38-41-44-47-50-53-56-59-68(72)77-63-67(81-70(74)61-58-55-52-49-46-43-40-37-34-32-29-26-23-20-17-14-11-8-5-2)65-79-82(75,76)78-64-66(62-71)80-69(73)60-57-54-51-48-45-42-39-35-30-27-24-21-18-15-12-9-6-3/h7-8,10-11,16-17,19-20,25-26,28-29,33-34,36-37,41,43-44,46,66-67,71H,4-6,9,12-15,18,21-24,27,30-32,35,38-40,42,45,47-65H2,1-3H3,(H,75,76)/b10-7-,11-8-,19-16-,20-17-,28-25-,29-26-,36-33-,37-34-,44-41-,46-43-. The van der Waals surface area contributed by atoms with Crippen molar-refractivity contribution >= 4 is 25.7 Å². The van der Waals surface area contributed by atoms with Crippen LogP contribution in [0.3, 0.4) is 0 Å². The molecule has 82 heavy (non-hydrogen) atoms. The molecule has 0 aliphatic carbocycles. The van der Waals surface area contributed by atoms with E-state index in [1.807, 2.05) is 0 Å². The number of aliphatic hydroxyl groups excluding tert-OH is 1. The number of phosphoric ester groups is 1. The Labute approximate surface area is 500 Å². The highest BCUT2D eigenvalue weighted by atomic mass is 31.2. The van der Waals surface area contributed by atoms with Gasteiger partial charge in [-0.25, -0.2) is 4.57 Å². The van der Waals surface area contributed by atoms with Crippen LogP contribution in [0.1, 0.15) is 265 Å². The summed E-state index contributed by atoms with van der Waals surface area (Å²) in [6.45, 7) is 4.37. The highest BCUT2D eigenvalue weighted by Crippen LogP contribution is 2.43. The minimum Gasteiger partial charge on any atom is -0.462 e. The van der Waals surface area contributed by atoms with Gasteiger partial charge in [0.2, 0.25) is 0 Å². The number of carbonyl (C=O) groups excluding carboxylic acids is 3. The Kier molecular flexibility index (Phi) is 59.8. The summed E-state index contributed by atoms with van der Waals surface area (Å²) < 4.78 is 39.6. The molecule has 11 nitrogen and oxygen atoms in total. The molecule has 0 aromatic rings. The maximum atomic E-state index is 13.0. The summed E-state index contributed by atoms with van der Waals surface area (Å²) in [4.78, 5) is 48.8. The fourth-order valence-corrected chi connectivity index (χ4v) is 9.31. The summed E-state index contributed by atoms with van der Waals surface area (Å²) in [5.41, 5.74) is 0. The van der Waals surface area contributed by atoms with Crippen molar-refractivity contribution in [2.75, 3.05) is 26.4 Å². The zero-order valence-corrected chi connectivity index (χ0v) is 52.8. The minimum absolute atomic E-state index is 0.115. The smallest absolute Gasteiger partial charge is 0.462 e. The van der Waals surface area contributed by atoms with Gasteiger partial charge >= 0.3 is 25.7 Å². The van der Waals surface area contributed by atoms with E-state index in [1.54, 1.807) is 0 Å². The lowest BCUT2D eigenvalue weighted by atomic mass is 10.0. The van der Waals surface area contributed by atoms with Crippen molar-refractivity contribution in [3.8, 4) is 0 Å². The number of phosphoric acid groups is 1. The molecule has 3 unspecified atom stereocenters. The molecule has 0 aromatic heterocycles. The fourth-order valence-electron chi connectivity index (χ4n) is 8.53. The molecule has 0 fully saturated rings. The van der Waals surface area contributed by atoms with Gasteiger partial charge in [-0.3, -0.25) is 23.4 Å². The van der Waals surface area contributed by atoms with Gasteiger partial charge in [0.05, 0.1) is 19.8 Å². The lowest BCUT2D eigenvalue weighted by molar-refractivity contribution is -0.161. The lowest BCUT2D eigenvalue weighted by Crippen LogP contribution is -2.30. The van der Waals surface area contributed by atoms with E-state index in [0.29, 0.717) is 19.3 Å². The Morgan fingerprint density at radius 2 is 0.634 bits per heavy atom. The summed E-state index contributed by atoms with van der Waals surface area (Å²) in [6.07, 6.45) is 78.6. The second-order valence-corrected chi connectivity index (χ2v) is 22.6. The van der Waals surface area contributed by atoms with Crippen molar-refractivity contribution in [3.63, 3.8) is 0 Å². The quantitative estimate of drug-likeness (QED) is 0.0197. The van der Waals surface area contributed by atoms with Crippen LogP contribution in [0.25, 0.3) is 0 Å². The van der Waals surface area contributed by atoms with Crippen molar-refractivity contribution in [2.45, 2.75) is 277 Å². The lowest BCUT2D eigenvalue weighted by Gasteiger charge is -2.21. The third-order valence-electron chi connectivity index (χ3n) is 13.4. The van der Waals surface area contributed by atoms with E-state index in [4.69, 9.17) is 23.3 Å². The van der Waals surface area contributed by atoms with Gasteiger partial charge < -0.3 is 24.2 Å². The molecule has 2 N–H and O–H groups in total. The molecule has 0 radical (unpaired) electrons. The Morgan fingerprint density at radius 3 is 0.976 bits per heavy atom. The molecule has 0 heterocycles. The van der Waals surface area contributed by atoms with Gasteiger partial charge in [-0.05, 0) is 109 Å². The number of unbranched alkanes of at least 4 members (excludes halogenated alkanes) is 22. The normalized spacial score (nSPS) is 14.1. The summed E-state index contributed by atoms with van der Waals surface area (Å²) in [7, 11) is -4.78. The molecule has 0 saturated heterocycles. The van der Waals surface area contributed by atoms with E-state index >= 15 is 0 Å². The second-order valence-electron chi connectivity index (χ2n) is 21.2. The molecule has 0 saturated carbocycles. The number of carbonyl (C=O) groups is 3. The number of esters is 3. The predicted molar refractivity (Wildman–Crippen MR) is 343 cm³/mol. The van der Waals surface area contributed by atoms with Crippen LogP contribution < -0.4 is 0 Å². The molecule has 0 spiro atoms. The maximum absolute atomic E-state index is 13.0. The number of ether oxygens (including phenoxy) is 3. The van der Waals surface area contributed by atoms with E-state index < -0.39 is 57.8 Å². The van der Waals surface area contributed by atoms with Crippen molar-refractivity contribution < 1.29 is 52.2 Å². The number of hydrogen-bond acceptors (Lipinski definition) is 10. The fraction of sp³-hybridized carbons (Fsp3) is 0.671. The highest BCUT2D eigenvalue weighted by Gasteiger charge is 2.28. The Hall–Kier alpha value is -4.12. The van der Waals surface area contributed by atoms with Gasteiger partial charge in [0.15, 0.2) is 6.10 Å². The van der Waals surface area contributed by atoms with Crippen molar-refractivity contribution in [1.82, 2.24) is 0 Å². The topological polar surface area (TPSA) is 155 Å². The molecule has 0 aliphatic heterocycles. The Morgan fingerprint density at radius 1 is 0.354 bits per heavy atom. The molecule has 0 bridgehead atoms. The van der Waals surface area contributed by atoms with Crippen LogP contribution in [-0.4, -0.2) is 66.5 Å². The zero-order chi connectivity index (χ0) is 59.8. The Bertz CT molecular complexity index is 1840. The van der Waals surface area contributed by atoms with Crippen molar-refractivity contribution in [1.29, 1.82) is 0 Å². The molecule has 3 atom stereocenters. The molecule has 0 rings (SSSR count). The van der Waals surface area contributed by atoms with E-state index in [2.05, 4.69) is 142 Å². The largest absolute Gasteiger partial charge is 0.472 e. The number of hydrogen-bond donors (Lipinski definition) is 2. The van der Waals surface area contributed by atoms with E-state index in [0.717, 1.165) is 122 Å². The summed E-state index contributed by atoms with van der Waals surface area (Å²) in [5.74, 6) is -1.54. The highest BCUT2D eigenvalue weighted by molar-refractivity contribution is 7.47. The van der Waals surface area contributed by atoms with Crippen LogP contribution in [0, 0.1) is 0 Å². The number of aliphatic hydroxyl groups is 1. The SMILES string of the molecule is CC/C=C\C/C=C\C/C=C\C/C=C\C/C=C\CCCCCC(=O)OCC(COP(=O)(O)OCC(CO)OC(=O)CCCCCCCCCCCCCCCCCCC)OC(=O)CCCCC/C=C\C/C=C\C/C=C\C/C=C\C/C=C\CC. The van der Waals surface area contributed by atoms with Crippen LogP contribution in [0.15, 0.2) is 122 Å². The van der Waals surface area contributed by atoms with Gasteiger partial charge in [-0.2, -0.15) is 0 Å².